The number of benzene rings is 3. The first-order valence-corrected chi connectivity index (χ1v) is 17.4. The first-order chi connectivity index (χ1) is 22.4. The van der Waals surface area contributed by atoms with Gasteiger partial charge in [0.05, 0.1) is 45.1 Å². The number of carboxylic acid groups (broad SMARTS) is 1. The van der Waals surface area contributed by atoms with E-state index in [0.29, 0.717) is 45.9 Å². The van der Waals surface area contributed by atoms with E-state index in [1.165, 1.54) is 0 Å². The van der Waals surface area contributed by atoms with Crippen LogP contribution < -0.4 is 20.1 Å². The number of carboxylic acids is 1. The van der Waals surface area contributed by atoms with Gasteiger partial charge in [-0.3, -0.25) is 4.79 Å². The van der Waals surface area contributed by atoms with Crippen molar-refractivity contribution in [2.75, 3.05) is 46.2 Å². The van der Waals surface area contributed by atoms with Crippen molar-refractivity contribution in [2.24, 2.45) is 10.8 Å². The third-order valence-corrected chi connectivity index (χ3v) is 11.8. The first kappa shape index (κ1) is 37.9. The van der Waals surface area contributed by atoms with Crippen molar-refractivity contribution in [1.82, 2.24) is 0 Å². The van der Waals surface area contributed by atoms with E-state index >= 15 is 4.57 Å². The monoisotopic (exact) mass is 670 g/mol. The number of hydrogen-bond acceptors (Lipinski definition) is 9. The number of aryl methyl sites for hydroxylation is 2. The second kappa shape index (κ2) is 16.5. The number of ether oxygens (including phenoxy) is 3. The second-order valence-electron chi connectivity index (χ2n) is 12.2. The Morgan fingerprint density at radius 3 is 1.83 bits per heavy atom. The van der Waals surface area contributed by atoms with Gasteiger partial charge in [0.25, 0.3) is 0 Å². The molecule has 2 unspecified atom stereocenters. The van der Waals surface area contributed by atoms with Crippen molar-refractivity contribution < 1.29 is 48.8 Å². The highest BCUT2D eigenvalue weighted by atomic mass is 31.2. The molecular weight excluding hydrogens is 623 g/mol. The summed E-state index contributed by atoms with van der Waals surface area (Å²) in [6.45, 7) is 8.08. The van der Waals surface area contributed by atoms with Gasteiger partial charge in [0, 0.05) is 27.2 Å². The number of aliphatic hydroxyl groups is 3. The Morgan fingerprint density at radius 1 is 0.745 bits per heavy atom. The molecule has 0 aromatic heterocycles. The van der Waals surface area contributed by atoms with Crippen LogP contribution in [0.25, 0.3) is 0 Å². The molecule has 3 aromatic rings. The molecule has 0 aliphatic carbocycles. The lowest BCUT2D eigenvalue weighted by Crippen LogP contribution is -2.40. The van der Waals surface area contributed by atoms with Crippen LogP contribution >= 0.6 is 7.14 Å². The number of hydrogen-bond donors (Lipinski definition) is 4. The van der Waals surface area contributed by atoms with Crippen molar-refractivity contribution in [3.8, 4) is 11.5 Å². The molecule has 0 aliphatic heterocycles. The van der Waals surface area contributed by atoms with Crippen LogP contribution in [-0.2, 0) is 14.1 Å². The number of aliphatic hydroxyl groups excluding tert-OH is 3. The van der Waals surface area contributed by atoms with Gasteiger partial charge in [-0.15, -0.1) is 0 Å². The summed E-state index contributed by atoms with van der Waals surface area (Å²) in [7, 11) is -3.95. The molecule has 47 heavy (non-hydrogen) atoms. The fraction of sp³-hybridized carbons (Fsp3) is 0.444. The van der Waals surface area contributed by atoms with Gasteiger partial charge < -0.3 is 39.2 Å². The minimum absolute atomic E-state index is 0.104. The maximum atomic E-state index is 15.1. The number of rotatable bonds is 19. The molecule has 0 radical (unpaired) electrons. The third-order valence-electron chi connectivity index (χ3n) is 8.93. The van der Waals surface area contributed by atoms with E-state index in [-0.39, 0.29) is 51.0 Å². The minimum atomic E-state index is -3.95. The van der Waals surface area contributed by atoms with Crippen LogP contribution in [0.4, 0.5) is 0 Å². The average Bonchev–Trinajstić information content (AvgIpc) is 3.08. The zero-order valence-corrected chi connectivity index (χ0v) is 28.7. The van der Waals surface area contributed by atoms with Crippen molar-refractivity contribution in [2.45, 2.75) is 47.5 Å². The van der Waals surface area contributed by atoms with Gasteiger partial charge in [0.2, 0.25) is 12.7 Å². The Kier molecular flexibility index (Phi) is 13.3. The van der Waals surface area contributed by atoms with E-state index in [1.807, 2.05) is 13.8 Å². The quantitative estimate of drug-likeness (QED) is 0.135. The maximum absolute atomic E-state index is 15.1. The number of aliphatic carboxylic acids is 1. The Bertz CT molecular complexity index is 1540. The van der Waals surface area contributed by atoms with Crippen LogP contribution in [0.15, 0.2) is 60.7 Å². The summed E-state index contributed by atoms with van der Waals surface area (Å²) in [5, 5.41) is 39.5. The Labute approximate surface area is 276 Å². The minimum Gasteiger partial charge on any atom is -0.493 e. The SMILES string of the molecule is CCC(CO)(CO)COCC(CC)(CO)COc1ccc(P(=O)(C(=O)c2c(C)cc(C)c(OCC(=O)O)c2C)c2ccccc2)cc1. The summed E-state index contributed by atoms with van der Waals surface area (Å²) >= 11 is 0. The van der Waals surface area contributed by atoms with Gasteiger partial charge in [0.15, 0.2) is 6.61 Å². The molecule has 0 spiro atoms. The molecule has 0 saturated heterocycles. The van der Waals surface area contributed by atoms with Gasteiger partial charge in [-0.05, 0) is 69.0 Å². The molecule has 4 N–H and O–H groups in total. The standard InChI is InChI=1S/C36H47O10P/c1-6-35(19-37,20-38)22-44-23-36(7-2,21-39)24-46-28-13-15-30(16-14-28)47(43,29-11-9-8-10-12-29)34(42)32-25(3)17-26(4)33(27(32)5)45-18-31(40)41/h8-17,37-39H,6-7,18-24H2,1-5H3,(H,40,41). The van der Waals surface area contributed by atoms with Gasteiger partial charge >= 0.3 is 5.97 Å². The predicted molar refractivity (Wildman–Crippen MR) is 181 cm³/mol. The highest BCUT2D eigenvalue weighted by Gasteiger charge is 2.39. The molecule has 0 fully saturated rings. The highest BCUT2D eigenvalue weighted by Crippen LogP contribution is 2.49. The molecule has 2 atom stereocenters. The largest absolute Gasteiger partial charge is 0.493 e. The van der Waals surface area contributed by atoms with Gasteiger partial charge in [-0.2, -0.15) is 0 Å². The molecule has 0 aliphatic rings. The van der Waals surface area contributed by atoms with E-state index in [4.69, 9.17) is 19.3 Å². The smallest absolute Gasteiger partial charge is 0.341 e. The molecule has 11 heteroatoms. The zero-order chi connectivity index (χ0) is 34.8. The predicted octanol–water partition coefficient (Wildman–Crippen LogP) is 4.39. The molecule has 10 nitrogen and oxygen atoms in total. The number of carbonyl (C=O) groups is 2. The van der Waals surface area contributed by atoms with Crippen LogP contribution in [0.5, 0.6) is 11.5 Å². The molecular formula is C36H47O10P. The normalized spacial score (nSPS) is 14.2. The van der Waals surface area contributed by atoms with E-state index in [0.717, 1.165) is 0 Å². The highest BCUT2D eigenvalue weighted by molar-refractivity contribution is 7.93. The molecule has 0 amide bonds. The van der Waals surface area contributed by atoms with E-state index in [2.05, 4.69) is 0 Å². The molecule has 3 rings (SSSR count). The Hall–Kier alpha value is -3.53. The Balaban J connectivity index is 1.93. The average molecular weight is 671 g/mol. The molecule has 0 saturated carbocycles. The summed E-state index contributed by atoms with van der Waals surface area (Å²) in [4.78, 5) is 25.6. The molecule has 3 aromatic carbocycles. The zero-order valence-electron chi connectivity index (χ0n) is 27.8. The van der Waals surface area contributed by atoms with E-state index in [1.54, 1.807) is 81.4 Å². The van der Waals surface area contributed by atoms with Crippen molar-refractivity contribution >= 4 is 29.2 Å². The summed E-state index contributed by atoms with van der Waals surface area (Å²) < 4.78 is 32.6. The van der Waals surface area contributed by atoms with Crippen molar-refractivity contribution in [3.05, 3.63) is 82.9 Å². The first-order valence-electron chi connectivity index (χ1n) is 15.7. The Morgan fingerprint density at radius 2 is 1.30 bits per heavy atom. The summed E-state index contributed by atoms with van der Waals surface area (Å²) in [6.07, 6.45) is 1.06. The topological polar surface area (TPSA) is 160 Å². The van der Waals surface area contributed by atoms with Crippen LogP contribution in [0, 0.1) is 31.6 Å². The van der Waals surface area contributed by atoms with E-state index in [9.17, 15) is 24.9 Å². The summed E-state index contributed by atoms with van der Waals surface area (Å²) in [6, 6.07) is 16.7. The van der Waals surface area contributed by atoms with E-state index < -0.39 is 36.1 Å². The summed E-state index contributed by atoms with van der Waals surface area (Å²) in [5.41, 5.74) is -0.215. The fourth-order valence-corrected chi connectivity index (χ4v) is 8.01. The molecule has 0 heterocycles. The van der Waals surface area contributed by atoms with Crippen LogP contribution in [0.1, 0.15) is 53.7 Å². The third kappa shape index (κ3) is 8.50. The summed E-state index contributed by atoms with van der Waals surface area (Å²) in [5.74, 6) is -0.447. The molecule has 0 bridgehead atoms. The van der Waals surface area contributed by atoms with Crippen LogP contribution in [0.3, 0.4) is 0 Å². The van der Waals surface area contributed by atoms with Gasteiger partial charge in [-0.1, -0.05) is 50.2 Å². The van der Waals surface area contributed by atoms with Crippen molar-refractivity contribution in [3.63, 3.8) is 0 Å². The second-order valence-corrected chi connectivity index (χ2v) is 14.9. The number of carbonyl (C=O) groups excluding carboxylic acids is 1. The van der Waals surface area contributed by atoms with Crippen LogP contribution in [0.2, 0.25) is 0 Å². The van der Waals surface area contributed by atoms with Gasteiger partial charge in [0.1, 0.15) is 11.5 Å². The lowest BCUT2D eigenvalue weighted by molar-refractivity contribution is -0.139. The lowest BCUT2D eigenvalue weighted by atomic mass is 9.86. The fourth-order valence-electron chi connectivity index (χ4n) is 5.42. The maximum Gasteiger partial charge on any atom is 0.341 e. The van der Waals surface area contributed by atoms with Crippen LogP contribution in [-0.4, -0.2) is 78.2 Å². The molecule has 256 valence electrons. The van der Waals surface area contributed by atoms with Gasteiger partial charge in [-0.25, -0.2) is 4.79 Å². The van der Waals surface area contributed by atoms with Crippen molar-refractivity contribution in [1.29, 1.82) is 0 Å². The lowest BCUT2D eigenvalue weighted by Gasteiger charge is -2.33.